The lowest BCUT2D eigenvalue weighted by molar-refractivity contribution is 0.796. The molecule has 1 N–H and O–H groups in total. The minimum atomic E-state index is 0. The minimum absolute atomic E-state index is 0. The highest BCUT2D eigenvalue weighted by Gasteiger charge is 1.96. The Morgan fingerprint density at radius 3 is 3.08 bits per heavy atom. The van der Waals surface area contributed by atoms with Crippen LogP contribution in [-0.4, -0.2) is 4.98 Å². The Hall–Kier alpha value is -1.24. The Morgan fingerprint density at radius 1 is 1.31 bits per heavy atom. The molecule has 0 aliphatic rings. The summed E-state index contributed by atoms with van der Waals surface area (Å²) in [7, 11) is 0. The summed E-state index contributed by atoms with van der Waals surface area (Å²) in [6.07, 6.45) is 5.74. The van der Waals surface area contributed by atoms with Crippen molar-refractivity contribution in [2.75, 3.05) is 0 Å². The highest BCUT2D eigenvalue weighted by atomic mass is 14.7. The SMILES string of the molecule is CCCCc1ccc2cc[nH]c2c1.[HH]. The van der Waals surface area contributed by atoms with E-state index in [2.05, 4.69) is 36.2 Å². The fourth-order valence-corrected chi connectivity index (χ4v) is 1.63. The van der Waals surface area contributed by atoms with Gasteiger partial charge in [-0.2, -0.15) is 0 Å². The Kier molecular flexibility index (Phi) is 2.35. The second kappa shape index (κ2) is 3.65. The van der Waals surface area contributed by atoms with E-state index in [9.17, 15) is 0 Å². The van der Waals surface area contributed by atoms with Crippen molar-refractivity contribution in [3.8, 4) is 0 Å². The van der Waals surface area contributed by atoms with Gasteiger partial charge in [0.2, 0.25) is 0 Å². The lowest BCUT2D eigenvalue weighted by Crippen LogP contribution is -1.83. The Labute approximate surface area is 80.3 Å². The fraction of sp³-hybridized carbons (Fsp3) is 0.333. The monoisotopic (exact) mass is 175 g/mol. The number of fused-ring (bicyclic) bond motifs is 1. The van der Waals surface area contributed by atoms with E-state index in [1.54, 1.807) is 0 Å². The molecule has 1 heteroatoms. The third-order valence-corrected chi connectivity index (χ3v) is 2.44. The largest absolute Gasteiger partial charge is 0.361 e. The van der Waals surface area contributed by atoms with Gasteiger partial charge in [0.1, 0.15) is 0 Å². The number of hydrogen-bond donors (Lipinski definition) is 1. The van der Waals surface area contributed by atoms with Gasteiger partial charge in [0.15, 0.2) is 0 Å². The van der Waals surface area contributed by atoms with Gasteiger partial charge >= 0.3 is 0 Å². The van der Waals surface area contributed by atoms with Crippen molar-refractivity contribution < 1.29 is 1.43 Å². The van der Waals surface area contributed by atoms with Crippen LogP contribution in [0.2, 0.25) is 0 Å². The minimum Gasteiger partial charge on any atom is -0.361 e. The van der Waals surface area contributed by atoms with E-state index >= 15 is 0 Å². The first-order valence-electron chi connectivity index (χ1n) is 4.96. The van der Waals surface area contributed by atoms with Crippen LogP contribution >= 0.6 is 0 Å². The van der Waals surface area contributed by atoms with Crippen molar-refractivity contribution in [2.45, 2.75) is 26.2 Å². The molecule has 0 fully saturated rings. The lowest BCUT2D eigenvalue weighted by atomic mass is 10.1. The van der Waals surface area contributed by atoms with Crippen LogP contribution < -0.4 is 0 Å². The second-order valence-corrected chi connectivity index (χ2v) is 3.50. The van der Waals surface area contributed by atoms with Gasteiger partial charge in [-0.25, -0.2) is 0 Å². The Morgan fingerprint density at radius 2 is 2.23 bits per heavy atom. The third kappa shape index (κ3) is 1.74. The molecule has 1 aromatic heterocycles. The summed E-state index contributed by atoms with van der Waals surface area (Å²) in [5.41, 5.74) is 2.70. The number of unbranched alkanes of at least 4 members (excludes halogenated alkanes) is 1. The summed E-state index contributed by atoms with van der Waals surface area (Å²) < 4.78 is 0. The number of aromatic nitrogens is 1. The molecule has 1 aromatic carbocycles. The van der Waals surface area contributed by atoms with Crippen LogP contribution in [0.1, 0.15) is 26.8 Å². The van der Waals surface area contributed by atoms with Crippen molar-refractivity contribution in [1.29, 1.82) is 0 Å². The number of rotatable bonds is 3. The first-order valence-corrected chi connectivity index (χ1v) is 4.96. The van der Waals surface area contributed by atoms with Crippen molar-refractivity contribution in [1.82, 2.24) is 4.98 Å². The molecule has 13 heavy (non-hydrogen) atoms. The van der Waals surface area contributed by atoms with Crippen molar-refractivity contribution in [3.05, 3.63) is 36.0 Å². The molecular weight excluding hydrogens is 158 g/mol. The molecule has 0 bridgehead atoms. The predicted molar refractivity (Wildman–Crippen MR) is 59.0 cm³/mol. The van der Waals surface area contributed by atoms with Gasteiger partial charge in [-0.1, -0.05) is 25.5 Å². The number of benzene rings is 1. The highest BCUT2D eigenvalue weighted by Crippen LogP contribution is 2.15. The molecule has 0 radical (unpaired) electrons. The summed E-state index contributed by atoms with van der Waals surface area (Å²) in [5.74, 6) is 0. The van der Waals surface area contributed by atoms with E-state index < -0.39 is 0 Å². The molecule has 0 saturated heterocycles. The van der Waals surface area contributed by atoms with E-state index in [1.807, 2.05) is 6.20 Å². The molecule has 0 unspecified atom stereocenters. The molecule has 1 nitrogen and oxygen atoms in total. The predicted octanol–water partition coefficient (Wildman–Crippen LogP) is 3.76. The van der Waals surface area contributed by atoms with Crippen LogP contribution in [0.5, 0.6) is 0 Å². The van der Waals surface area contributed by atoms with Gasteiger partial charge in [-0.3, -0.25) is 0 Å². The van der Waals surface area contributed by atoms with Gasteiger partial charge in [0.25, 0.3) is 0 Å². The zero-order chi connectivity index (χ0) is 9.10. The van der Waals surface area contributed by atoms with E-state index in [4.69, 9.17) is 0 Å². The van der Waals surface area contributed by atoms with Gasteiger partial charge in [-0.15, -0.1) is 0 Å². The van der Waals surface area contributed by atoms with Crippen LogP contribution in [0.4, 0.5) is 0 Å². The second-order valence-electron chi connectivity index (χ2n) is 3.50. The topological polar surface area (TPSA) is 15.8 Å². The molecule has 70 valence electrons. The zero-order valence-corrected chi connectivity index (χ0v) is 8.01. The molecule has 0 spiro atoms. The fourth-order valence-electron chi connectivity index (χ4n) is 1.63. The average molecular weight is 175 g/mol. The summed E-state index contributed by atoms with van der Waals surface area (Å²) in [6, 6.07) is 8.78. The lowest BCUT2D eigenvalue weighted by Gasteiger charge is -1.99. The number of aryl methyl sites for hydroxylation is 1. The van der Waals surface area contributed by atoms with Crippen LogP contribution in [0.3, 0.4) is 0 Å². The van der Waals surface area contributed by atoms with Gasteiger partial charge in [0.05, 0.1) is 0 Å². The van der Waals surface area contributed by atoms with Gasteiger partial charge in [0, 0.05) is 13.1 Å². The number of aromatic amines is 1. The van der Waals surface area contributed by atoms with E-state index in [0.29, 0.717) is 0 Å². The van der Waals surface area contributed by atoms with Crippen molar-refractivity contribution >= 4 is 10.9 Å². The van der Waals surface area contributed by atoms with Gasteiger partial charge in [-0.05, 0) is 35.9 Å². The maximum atomic E-state index is 3.24. The molecule has 0 atom stereocenters. The first kappa shape index (κ1) is 8.36. The molecule has 0 amide bonds. The van der Waals surface area contributed by atoms with Gasteiger partial charge < -0.3 is 4.98 Å². The maximum Gasteiger partial charge on any atom is 0.0456 e. The average Bonchev–Trinajstić information content (AvgIpc) is 2.61. The molecule has 1 heterocycles. The maximum absolute atomic E-state index is 3.24. The number of H-pyrrole nitrogens is 1. The van der Waals surface area contributed by atoms with Crippen LogP contribution in [0.25, 0.3) is 10.9 Å². The van der Waals surface area contributed by atoms with Crippen LogP contribution in [-0.2, 0) is 6.42 Å². The summed E-state index contributed by atoms with van der Waals surface area (Å²) in [5, 5.41) is 1.31. The van der Waals surface area contributed by atoms with Crippen molar-refractivity contribution in [2.24, 2.45) is 0 Å². The van der Waals surface area contributed by atoms with E-state index in [-0.39, 0.29) is 1.43 Å². The van der Waals surface area contributed by atoms with E-state index in [1.165, 1.54) is 35.7 Å². The normalized spacial score (nSPS) is 10.8. The third-order valence-electron chi connectivity index (χ3n) is 2.44. The van der Waals surface area contributed by atoms with Crippen molar-refractivity contribution in [3.63, 3.8) is 0 Å². The highest BCUT2D eigenvalue weighted by molar-refractivity contribution is 5.79. The zero-order valence-electron chi connectivity index (χ0n) is 8.01. The number of hydrogen-bond acceptors (Lipinski definition) is 0. The smallest absolute Gasteiger partial charge is 0.0456 e. The summed E-state index contributed by atoms with van der Waals surface area (Å²) >= 11 is 0. The standard InChI is InChI=1S/C12H15N.H2/c1-2-3-4-10-5-6-11-7-8-13-12(11)9-10;/h5-9,13H,2-4H2,1H3;1H. The van der Waals surface area contributed by atoms with Crippen LogP contribution in [0, 0.1) is 0 Å². The Bertz CT molecular complexity index is 392. The molecule has 0 aliphatic carbocycles. The number of nitrogens with one attached hydrogen (secondary N) is 1. The summed E-state index contributed by atoms with van der Waals surface area (Å²) in [6.45, 7) is 2.23. The molecule has 2 aromatic rings. The molecule has 0 aliphatic heterocycles. The summed E-state index contributed by atoms with van der Waals surface area (Å²) in [4.78, 5) is 3.24. The van der Waals surface area contributed by atoms with E-state index in [0.717, 1.165) is 0 Å². The molecular formula is C12H17N. The first-order chi connectivity index (χ1) is 6.40. The van der Waals surface area contributed by atoms with Crippen LogP contribution in [0.15, 0.2) is 30.5 Å². The molecule has 2 rings (SSSR count). The quantitative estimate of drug-likeness (QED) is 0.731. The molecule has 0 saturated carbocycles. The Balaban J connectivity index is 0.000000980.